The van der Waals surface area contributed by atoms with Crippen LogP contribution >= 0.6 is 0 Å². The van der Waals surface area contributed by atoms with Gasteiger partial charge < -0.3 is 10.6 Å². The Morgan fingerprint density at radius 3 is 1.58 bits per heavy atom. The summed E-state index contributed by atoms with van der Waals surface area (Å²) in [6.45, 7) is 0. The van der Waals surface area contributed by atoms with Gasteiger partial charge in [0.25, 0.3) is 0 Å². The molecule has 0 bridgehead atoms. The summed E-state index contributed by atoms with van der Waals surface area (Å²) in [6.07, 6.45) is 4.84. The highest BCUT2D eigenvalue weighted by Crippen LogP contribution is 2.64. The summed E-state index contributed by atoms with van der Waals surface area (Å²) < 4.78 is 0. The van der Waals surface area contributed by atoms with Gasteiger partial charge in [-0.25, -0.2) is 0 Å². The second-order valence-corrected chi connectivity index (χ2v) is 12.1. The van der Waals surface area contributed by atoms with Gasteiger partial charge in [-0.2, -0.15) is 0 Å². The van der Waals surface area contributed by atoms with E-state index < -0.39 is 5.41 Å². The van der Waals surface area contributed by atoms with Crippen LogP contribution in [-0.4, -0.2) is 14.1 Å². The second kappa shape index (κ2) is 11.0. The van der Waals surface area contributed by atoms with Crippen LogP contribution in [0.3, 0.4) is 0 Å². The molecular formula is C43H36N2. The van der Waals surface area contributed by atoms with Crippen LogP contribution in [0.2, 0.25) is 0 Å². The molecule has 2 aliphatic rings. The van der Waals surface area contributed by atoms with Gasteiger partial charge in [0.1, 0.15) is 0 Å². The number of rotatable bonds is 7. The highest BCUT2D eigenvalue weighted by atomic mass is 14.8. The van der Waals surface area contributed by atoms with Crippen LogP contribution < -0.4 is 10.6 Å². The van der Waals surface area contributed by atoms with Crippen molar-refractivity contribution in [3.63, 3.8) is 0 Å². The first kappa shape index (κ1) is 27.2. The fourth-order valence-electron chi connectivity index (χ4n) is 8.15. The molecule has 0 aromatic heterocycles. The van der Waals surface area contributed by atoms with E-state index in [2.05, 4.69) is 168 Å². The van der Waals surface area contributed by atoms with Gasteiger partial charge in [0.05, 0.1) is 0 Å². The first-order chi connectivity index (χ1) is 22.2. The fourth-order valence-corrected chi connectivity index (χ4v) is 8.15. The van der Waals surface area contributed by atoms with E-state index in [-0.39, 0.29) is 11.8 Å². The Morgan fingerprint density at radius 2 is 1.04 bits per heavy atom. The maximum Gasteiger partial charge on any atom is 0.0415 e. The predicted octanol–water partition coefficient (Wildman–Crippen LogP) is 10.3. The number of allylic oxidation sites excluding steroid dienone is 1. The van der Waals surface area contributed by atoms with E-state index in [0.717, 1.165) is 11.4 Å². The van der Waals surface area contributed by atoms with Gasteiger partial charge in [-0.3, -0.25) is 0 Å². The summed E-state index contributed by atoms with van der Waals surface area (Å²) in [6, 6.07) is 54.1. The third-order valence-corrected chi connectivity index (χ3v) is 10.0. The van der Waals surface area contributed by atoms with Gasteiger partial charge in [0.2, 0.25) is 0 Å². The van der Waals surface area contributed by atoms with E-state index in [1.165, 1.54) is 55.6 Å². The SMILES string of the molecule is CNc1ccc2c(c1)C(C(c1ccccc1)(c1ccccc1)C1C=Cc3cccc(-c4ccccc4)c31)c1cc(NC)ccc1-2. The number of anilines is 2. The van der Waals surface area contributed by atoms with E-state index in [4.69, 9.17) is 0 Å². The first-order valence-corrected chi connectivity index (χ1v) is 15.9. The number of hydrogen-bond acceptors (Lipinski definition) is 2. The van der Waals surface area contributed by atoms with Crippen LogP contribution in [0.1, 0.15) is 45.2 Å². The standard InChI is InChI=1S/C43H36N2/c1-44-33-22-24-36-37-25-23-34(45-2)28-39(37)42(38(36)27-33)43(31-16-8-4-9-17-31,32-18-10-5-11-19-32)40-26-21-30-15-12-20-35(41(30)40)29-13-6-3-7-14-29/h3-28,40,42,44-45H,1-2H3. The molecule has 2 aliphatic carbocycles. The predicted molar refractivity (Wildman–Crippen MR) is 190 cm³/mol. The van der Waals surface area contributed by atoms with Gasteiger partial charge >= 0.3 is 0 Å². The Labute approximate surface area is 266 Å². The molecule has 2 N–H and O–H groups in total. The van der Waals surface area contributed by atoms with Gasteiger partial charge in [-0.1, -0.05) is 133 Å². The molecular weight excluding hydrogens is 544 g/mol. The highest BCUT2D eigenvalue weighted by molar-refractivity contribution is 5.86. The van der Waals surface area contributed by atoms with Crippen molar-refractivity contribution in [2.75, 3.05) is 24.7 Å². The average molecular weight is 581 g/mol. The monoisotopic (exact) mass is 580 g/mol. The Hall–Kier alpha value is -5.34. The number of nitrogens with one attached hydrogen (secondary N) is 2. The topological polar surface area (TPSA) is 24.1 Å². The summed E-state index contributed by atoms with van der Waals surface area (Å²) >= 11 is 0. The molecule has 6 aromatic rings. The quantitative estimate of drug-likeness (QED) is 0.196. The summed E-state index contributed by atoms with van der Waals surface area (Å²) in [4.78, 5) is 0. The lowest BCUT2D eigenvalue weighted by molar-refractivity contribution is 0.417. The van der Waals surface area contributed by atoms with Crippen molar-refractivity contribution in [2.45, 2.75) is 17.3 Å². The van der Waals surface area contributed by atoms with Gasteiger partial charge in [0, 0.05) is 42.7 Å². The Balaban J connectivity index is 1.52. The Bertz CT molecular complexity index is 1930. The van der Waals surface area contributed by atoms with Crippen molar-refractivity contribution in [2.24, 2.45) is 0 Å². The maximum absolute atomic E-state index is 3.45. The van der Waals surface area contributed by atoms with Crippen LogP contribution in [0, 0.1) is 0 Å². The van der Waals surface area contributed by atoms with Gasteiger partial charge in [-0.05, 0) is 79.9 Å². The molecule has 0 heterocycles. The van der Waals surface area contributed by atoms with Gasteiger partial charge in [0.15, 0.2) is 0 Å². The lowest BCUT2D eigenvalue weighted by Gasteiger charge is -2.46. The molecule has 8 rings (SSSR count). The maximum atomic E-state index is 3.45. The number of fused-ring (bicyclic) bond motifs is 4. The molecule has 1 atom stereocenters. The van der Waals surface area contributed by atoms with Crippen molar-refractivity contribution in [1.82, 2.24) is 0 Å². The largest absolute Gasteiger partial charge is 0.388 e. The van der Waals surface area contributed by atoms with E-state index in [0.29, 0.717) is 0 Å². The van der Waals surface area contributed by atoms with E-state index in [9.17, 15) is 0 Å². The van der Waals surface area contributed by atoms with Crippen LogP contribution in [0.15, 0.2) is 152 Å². The normalized spacial score (nSPS) is 14.9. The van der Waals surface area contributed by atoms with Crippen molar-refractivity contribution in [3.05, 3.63) is 185 Å². The minimum absolute atomic E-state index is 0.0401. The lowest BCUT2D eigenvalue weighted by Crippen LogP contribution is -2.40. The van der Waals surface area contributed by atoms with Crippen molar-refractivity contribution in [3.8, 4) is 22.3 Å². The summed E-state index contributed by atoms with van der Waals surface area (Å²) in [5.41, 5.74) is 15.0. The molecule has 218 valence electrons. The molecule has 6 aromatic carbocycles. The van der Waals surface area contributed by atoms with E-state index in [1.54, 1.807) is 0 Å². The smallest absolute Gasteiger partial charge is 0.0415 e. The summed E-state index contributed by atoms with van der Waals surface area (Å²) in [5, 5.41) is 6.89. The number of hydrogen-bond donors (Lipinski definition) is 2. The minimum Gasteiger partial charge on any atom is -0.388 e. The Kier molecular flexibility index (Phi) is 6.64. The summed E-state index contributed by atoms with van der Waals surface area (Å²) in [7, 11) is 4.03. The molecule has 0 radical (unpaired) electrons. The molecule has 0 saturated carbocycles. The third kappa shape index (κ3) is 4.17. The number of benzene rings is 6. The molecule has 2 heteroatoms. The second-order valence-electron chi connectivity index (χ2n) is 12.1. The van der Waals surface area contributed by atoms with Crippen LogP contribution in [0.4, 0.5) is 11.4 Å². The van der Waals surface area contributed by atoms with E-state index >= 15 is 0 Å². The molecule has 45 heavy (non-hydrogen) atoms. The average Bonchev–Trinajstić information content (AvgIpc) is 3.69. The van der Waals surface area contributed by atoms with Crippen LogP contribution in [0.25, 0.3) is 28.3 Å². The lowest BCUT2D eigenvalue weighted by atomic mass is 9.55. The third-order valence-electron chi connectivity index (χ3n) is 10.0. The van der Waals surface area contributed by atoms with Crippen LogP contribution in [0.5, 0.6) is 0 Å². The Morgan fingerprint density at radius 1 is 0.511 bits per heavy atom. The molecule has 2 nitrogen and oxygen atoms in total. The zero-order valence-corrected chi connectivity index (χ0v) is 25.7. The highest BCUT2D eigenvalue weighted by Gasteiger charge is 2.53. The summed E-state index contributed by atoms with van der Waals surface area (Å²) in [5.74, 6) is 0.104. The molecule has 0 fully saturated rings. The molecule has 0 saturated heterocycles. The first-order valence-electron chi connectivity index (χ1n) is 15.9. The molecule has 1 unspecified atom stereocenters. The molecule has 0 spiro atoms. The zero-order valence-electron chi connectivity index (χ0n) is 25.7. The van der Waals surface area contributed by atoms with Crippen molar-refractivity contribution < 1.29 is 0 Å². The van der Waals surface area contributed by atoms with Crippen molar-refractivity contribution >= 4 is 17.5 Å². The minimum atomic E-state index is -0.464. The van der Waals surface area contributed by atoms with Crippen molar-refractivity contribution in [1.29, 1.82) is 0 Å². The molecule has 0 aliphatic heterocycles. The fraction of sp³-hybridized carbons (Fsp3) is 0.116. The van der Waals surface area contributed by atoms with Crippen LogP contribution in [-0.2, 0) is 5.41 Å². The van der Waals surface area contributed by atoms with Gasteiger partial charge in [-0.15, -0.1) is 0 Å². The zero-order chi connectivity index (χ0) is 30.4. The molecule has 0 amide bonds. The van der Waals surface area contributed by atoms with E-state index in [1.807, 2.05) is 14.1 Å².